The summed E-state index contributed by atoms with van der Waals surface area (Å²) in [4.78, 5) is 0. The molecule has 20 heavy (non-hydrogen) atoms. The highest BCUT2D eigenvalue weighted by atomic mass is 16.5. The van der Waals surface area contributed by atoms with E-state index in [9.17, 15) is 0 Å². The standard InChI is InChI=1S/C17H26O3/c1-3-12-19-13-6-4-5-7-14-20-15-16-8-10-17(18-2)11-9-16/h3,8-11H,1,4-7,12-15H2,2H3. The monoisotopic (exact) mass is 278 g/mol. The third kappa shape index (κ3) is 7.97. The summed E-state index contributed by atoms with van der Waals surface area (Å²) >= 11 is 0. The van der Waals surface area contributed by atoms with Crippen LogP contribution in [0.15, 0.2) is 36.9 Å². The van der Waals surface area contributed by atoms with Crippen LogP contribution in [0.25, 0.3) is 0 Å². The summed E-state index contributed by atoms with van der Waals surface area (Å²) in [5.74, 6) is 0.882. The van der Waals surface area contributed by atoms with Crippen LogP contribution in [0.2, 0.25) is 0 Å². The summed E-state index contributed by atoms with van der Waals surface area (Å²) in [6.07, 6.45) is 6.40. The van der Waals surface area contributed by atoms with Crippen molar-refractivity contribution in [1.82, 2.24) is 0 Å². The molecule has 0 bridgehead atoms. The van der Waals surface area contributed by atoms with E-state index >= 15 is 0 Å². The smallest absolute Gasteiger partial charge is 0.118 e. The van der Waals surface area contributed by atoms with Crippen molar-refractivity contribution in [2.75, 3.05) is 26.9 Å². The molecule has 1 aromatic rings. The summed E-state index contributed by atoms with van der Waals surface area (Å²) < 4.78 is 16.1. The van der Waals surface area contributed by atoms with Gasteiger partial charge in [0.1, 0.15) is 5.75 Å². The van der Waals surface area contributed by atoms with Crippen LogP contribution in [-0.2, 0) is 16.1 Å². The zero-order valence-electron chi connectivity index (χ0n) is 12.5. The molecule has 0 fully saturated rings. The fraction of sp³-hybridized carbons (Fsp3) is 0.529. The van der Waals surface area contributed by atoms with E-state index in [0.29, 0.717) is 13.2 Å². The van der Waals surface area contributed by atoms with Crippen LogP contribution < -0.4 is 4.74 Å². The molecule has 1 rings (SSSR count). The van der Waals surface area contributed by atoms with Gasteiger partial charge in [-0.25, -0.2) is 0 Å². The maximum Gasteiger partial charge on any atom is 0.118 e. The van der Waals surface area contributed by atoms with Crippen molar-refractivity contribution in [1.29, 1.82) is 0 Å². The van der Waals surface area contributed by atoms with Crippen molar-refractivity contribution in [2.45, 2.75) is 32.3 Å². The number of hydrogen-bond donors (Lipinski definition) is 0. The van der Waals surface area contributed by atoms with Gasteiger partial charge in [0, 0.05) is 13.2 Å². The van der Waals surface area contributed by atoms with E-state index in [-0.39, 0.29) is 0 Å². The molecule has 0 aliphatic rings. The molecule has 0 spiro atoms. The van der Waals surface area contributed by atoms with Gasteiger partial charge in [-0.05, 0) is 30.5 Å². The van der Waals surface area contributed by atoms with Crippen molar-refractivity contribution in [3.63, 3.8) is 0 Å². The minimum absolute atomic E-state index is 0.658. The number of benzene rings is 1. The van der Waals surface area contributed by atoms with Crippen LogP contribution in [0, 0.1) is 0 Å². The molecule has 0 N–H and O–H groups in total. The second-order valence-electron chi connectivity index (χ2n) is 4.68. The third-order valence-electron chi connectivity index (χ3n) is 2.99. The summed E-state index contributed by atoms with van der Waals surface area (Å²) in [5.41, 5.74) is 1.18. The minimum atomic E-state index is 0.658. The fourth-order valence-corrected chi connectivity index (χ4v) is 1.84. The quantitative estimate of drug-likeness (QED) is 0.427. The molecule has 0 unspecified atom stereocenters. The Hall–Kier alpha value is -1.32. The van der Waals surface area contributed by atoms with Gasteiger partial charge in [-0.2, -0.15) is 0 Å². The molecular weight excluding hydrogens is 252 g/mol. The first-order valence-electron chi connectivity index (χ1n) is 7.26. The van der Waals surface area contributed by atoms with Crippen LogP contribution in [0.3, 0.4) is 0 Å². The molecule has 3 nitrogen and oxygen atoms in total. The Morgan fingerprint density at radius 2 is 1.60 bits per heavy atom. The number of unbranched alkanes of at least 4 members (excludes halogenated alkanes) is 3. The zero-order chi connectivity index (χ0) is 14.5. The molecule has 112 valence electrons. The molecule has 0 atom stereocenters. The lowest BCUT2D eigenvalue weighted by Crippen LogP contribution is -1.97. The lowest BCUT2D eigenvalue weighted by molar-refractivity contribution is 0.115. The molecule has 0 aliphatic heterocycles. The first-order chi connectivity index (χ1) is 9.86. The van der Waals surface area contributed by atoms with Crippen molar-refractivity contribution in [3.05, 3.63) is 42.5 Å². The molecule has 0 saturated heterocycles. The predicted molar refractivity (Wildman–Crippen MR) is 82.1 cm³/mol. The maximum absolute atomic E-state index is 5.65. The highest BCUT2D eigenvalue weighted by molar-refractivity contribution is 5.26. The van der Waals surface area contributed by atoms with Gasteiger partial charge in [0.25, 0.3) is 0 Å². The number of hydrogen-bond acceptors (Lipinski definition) is 3. The second kappa shape index (κ2) is 11.5. The Morgan fingerprint density at radius 1 is 0.950 bits per heavy atom. The molecule has 3 heteroatoms. The van der Waals surface area contributed by atoms with Gasteiger partial charge in [-0.15, -0.1) is 6.58 Å². The molecule has 0 radical (unpaired) electrons. The Bertz CT molecular complexity index is 346. The normalized spacial score (nSPS) is 10.4. The lowest BCUT2D eigenvalue weighted by atomic mass is 10.2. The topological polar surface area (TPSA) is 27.7 Å². The molecule has 0 aromatic heterocycles. The molecule has 0 saturated carbocycles. The Kier molecular flexibility index (Phi) is 9.62. The first kappa shape index (κ1) is 16.7. The number of methoxy groups -OCH3 is 1. The molecule has 0 aliphatic carbocycles. The zero-order valence-corrected chi connectivity index (χ0v) is 12.5. The van der Waals surface area contributed by atoms with Crippen LogP contribution in [0.5, 0.6) is 5.75 Å². The SMILES string of the molecule is C=CCOCCCCCCOCc1ccc(OC)cc1. The van der Waals surface area contributed by atoms with E-state index in [4.69, 9.17) is 14.2 Å². The van der Waals surface area contributed by atoms with E-state index in [1.807, 2.05) is 24.3 Å². The predicted octanol–water partition coefficient (Wildman–Crippen LogP) is 3.97. The van der Waals surface area contributed by atoms with E-state index in [1.54, 1.807) is 13.2 Å². The highest BCUT2D eigenvalue weighted by Crippen LogP contribution is 2.12. The summed E-state index contributed by atoms with van der Waals surface area (Å²) in [6.45, 7) is 6.60. The van der Waals surface area contributed by atoms with Gasteiger partial charge in [0.2, 0.25) is 0 Å². The van der Waals surface area contributed by atoms with E-state index in [2.05, 4.69) is 6.58 Å². The van der Waals surface area contributed by atoms with Crippen molar-refractivity contribution in [2.24, 2.45) is 0 Å². The van der Waals surface area contributed by atoms with E-state index in [1.165, 1.54) is 18.4 Å². The summed E-state index contributed by atoms with van der Waals surface area (Å²) in [6, 6.07) is 8.00. The Balaban J connectivity index is 1.92. The molecule has 0 amide bonds. The molecule has 1 aromatic carbocycles. The van der Waals surface area contributed by atoms with Gasteiger partial charge in [-0.1, -0.05) is 31.1 Å². The average molecular weight is 278 g/mol. The molecule has 0 heterocycles. The van der Waals surface area contributed by atoms with Gasteiger partial charge in [-0.3, -0.25) is 0 Å². The lowest BCUT2D eigenvalue weighted by Gasteiger charge is -2.06. The number of rotatable bonds is 12. The molecular formula is C17H26O3. The van der Waals surface area contributed by atoms with Gasteiger partial charge >= 0.3 is 0 Å². The van der Waals surface area contributed by atoms with Crippen LogP contribution in [-0.4, -0.2) is 26.9 Å². The number of ether oxygens (including phenoxy) is 3. The highest BCUT2D eigenvalue weighted by Gasteiger charge is 1.95. The Labute approximate surface area is 122 Å². The summed E-state index contributed by atoms with van der Waals surface area (Å²) in [5, 5.41) is 0. The van der Waals surface area contributed by atoms with E-state index < -0.39 is 0 Å². The summed E-state index contributed by atoms with van der Waals surface area (Å²) in [7, 11) is 1.67. The van der Waals surface area contributed by atoms with Crippen molar-refractivity contribution >= 4 is 0 Å². The fourth-order valence-electron chi connectivity index (χ4n) is 1.84. The minimum Gasteiger partial charge on any atom is -0.497 e. The average Bonchev–Trinajstić information content (AvgIpc) is 2.50. The van der Waals surface area contributed by atoms with Crippen LogP contribution in [0.4, 0.5) is 0 Å². The van der Waals surface area contributed by atoms with Crippen molar-refractivity contribution < 1.29 is 14.2 Å². The third-order valence-corrected chi connectivity index (χ3v) is 2.99. The van der Waals surface area contributed by atoms with Crippen molar-refractivity contribution in [3.8, 4) is 5.75 Å². The van der Waals surface area contributed by atoms with Gasteiger partial charge in [0.05, 0.1) is 20.3 Å². The Morgan fingerprint density at radius 3 is 2.20 bits per heavy atom. The second-order valence-corrected chi connectivity index (χ2v) is 4.68. The first-order valence-corrected chi connectivity index (χ1v) is 7.26. The maximum atomic E-state index is 5.65. The van der Waals surface area contributed by atoms with E-state index in [0.717, 1.165) is 31.8 Å². The van der Waals surface area contributed by atoms with Crippen LogP contribution >= 0.6 is 0 Å². The van der Waals surface area contributed by atoms with Crippen LogP contribution in [0.1, 0.15) is 31.2 Å². The van der Waals surface area contributed by atoms with Gasteiger partial charge in [0.15, 0.2) is 0 Å². The largest absolute Gasteiger partial charge is 0.497 e. The van der Waals surface area contributed by atoms with Gasteiger partial charge < -0.3 is 14.2 Å².